The smallest absolute Gasteiger partial charge is 0.269 e. The van der Waals surface area contributed by atoms with Gasteiger partial charge in [-0.2, -0.15) is 0 Å². The fourth-order valence-corrected chi connectivity index (χ4v) is 4.13. The average Bonchev–Trinajstić information content (AvgIpc) is 3.21. The van der Waals surface area contributed by atoms with E-state index in [2.05, 4.69) is 0 Å². The molecule has 0 atom stereocenters. The maximum absolute atomic E-state index is 13.0. The quantitative estimate of drug-likeness (QED) is 0.443. The molecule has 7 heteroatoms. The Hall–Kier alpha value is -3.48. The number of hydrogen-bond acceptors (Lipinski definition) is 4. The zero-order valence-corrected chi connectivity index (χ0v) is 16.6. The third-order valence-corrected chi connectivity index (χ3v) is 5.81. The van der Waals surface area contributed by atoms with Crippen LogP contribution in [0.5, 0.6) is 0 Å². The summed E-state index contributed by atoms with van der Waals surface area (Å²) in [6.45, 7) is 1.65. The Kier molecular flexibility index (Phi) is 5.61. The fraction of sp³-hybridized carbons (Fsp3) is 0.304. The topological polar surface area (TPSA) is 83.8 Å². The van der Waals surface area contributed by atoms with E-state index in [1.165, 1.54) is 6.07 Å². The number of fused-ring (bicyclic) bond motifs is 1. The van der Waals surface area contributed by atoms with E-state index in [1.807, 2.05) is 30.3 Å². The molecule has 0 aromatic heterocycles. The second-order valence-corrected chi connectivity index (χ2v) is 7.65. The Balaban J connectivity index is 1.35. The van der Waals surface area contributed by atoms with Crippen LogP contribution < -0.4 is 4.90 Å². The maximum Gasteiger partial charge on any atom is 0.269 e. The van der Waals surface area contributed by atoms with E-state index in [0.29, 0.717) is 38.9 Å². The molecule has 0 N–H and O–H groups in total. The molecule has 2 amide bonds. The first kappa shape index (κ1) is 19.8. The van der Waals surface area contributed by atoms with Gasteiger partial charge in [0, 0.05) is 49.4 Å². The summed E-state index contributed by atoms with van der Waals surface area (Å²) < 4.78 is 0. The van der Waals surface area contributed by atoms with Crippen molar-refractivity contribution in [2.24, 2.45) is 5.92 Å². The molecule has 4 rings (SSSR count). The predicted molar refractivity (Wildman–Crippen MR) is 114 cm³/mol. The number of amides is 2. The number of rotatable bonds is 4. The van der Waals surface area contributed by atoms with Crippen LogP contribution in [-0.2, 0) is 16.0 Å². The highest BCUT2D eigenvalue weighted by Gasteiger charge is 2.33. The summed E-state index contributed by atoms with van der Waals surface area (Å²) in [7, 11) is 0. The van der Waals surface area contributed by atoms with Gasteiger partial charge in [-0.3, -0.25) is 19.7 Å². The lowest BCUT2D eigenvalue weighted by atomic mass is 9.95. The Morgan fingerprint density at radius 1 is 1.03 bits per heavy atom. The largest absolute Gasteiger partial charge is 0.339 e. The van der Waals surface area contributed by atoms with Crippen molar-refractivity contribution in [3.8, 4) is 0 Å². The summed E-state index contributed by atoms with van der Waals surface area (Å²) in [5, 5.41) is 11.0. The number of nitro benzene ring substituents is 1. The molecule has 154 valence electrons. The second-order valence-electron chi connectivity index (χ2n) is 7.65. The lowest BCUT2D eigenvalue weighted by molar-refractivity contribution is -0.384. The minimum atomic E-state index is -0.413. The fourth-order valence-electron chi connectivity index (χ4n) is 4.13. The van der Waals surface area contributed by atoms with Crippen LogP contribution in [-0.4, -0.2) is 41.3 Å². The number of carbonyl (C=O) groups is 2. The first-order chi connectivity index (χ1) is 14.5. The predicted octanol–water partition coefficient (Wildman–Crippen LogP) is 3.44. The van der Waals surface area contributed by atoms with Gasteiger partial charge in [-0.25, -0.2) is 0 Å². The van der Waals surface area contributed by atoms with Crippen LogP contribution in [0.2, 0.25) is 0 Å². The van der Waals surface area contributed by atoms with E-state index < -0.39 is 4.92 Å². The van der Waals surface area contributed by atoms with Gasteiger partial charge in [0.1, 0.15) is 0 Å². The van der Waals surface area contributed by atoms with Crippen molar-refractivity contribution >= 4 is 29.3 Å². The normalized spacial score (nSPS) is 16.7. The highest BCUT2D eigenvalue weighted by atomic mass is 16.6. The van der Waals surface area contributed by atoms with Crippen LogP contribution in [0.1, 0.15) is 24.0 Å². The molecule has 1 fully saturated rings. The van der Waals surface area contributed by atoms with Gasteiger partial charge in [0.25, 0.3) is 5.69 Å². The molecule has 7 nitrogen and oxygen atoms in total. The molecule has 0 aliphatic carbocycles. The number of hydrogen-bond donors (Lipinski definition) is 0. The summed E-state index contributed by atoms with van der Waals surface area (Å²) in [5.74, 6) is -0.119. The molecule has 0 spiro atoms. The summed E-state index contributed by atoms with van der Waals surface area (Å²) >= 11 is 0. The van der Waals surface area contributed by atoms with E-state index >= 15 is 0 Å². The molecule has 2 aliphatic heterocycles. The van der Waals surface area contributed by atoms with Crippen LogP contribution >= 0.6 is 0 Å². The standard InChI is InChI=1S/C23H23N3O4/c27-22(9-6-17-4-2-1-3-5-17)24-13-10-18(11-14-24)23(28)25-15-12-19-16-20(26(29)30)7-8-21(19)25/h1-9,16,18H,10-15H2/b9-6+. The van der Waals surface area contributed by atoms with Crippen LogP contribution in [0, 0.1) is 16.0 Å². The van der Waals surface area contributed by atoms with Crippen LogP contribution in [0.4, 0.5) is 11.4 Å². The third-order valence-electron chi connectivity index (χ3n) is 5.81. The molecular formula is C23H23N3O4. The van der Waals surface area contributed by atoms with Crippen molar-refractivity contribution in [3.63, 3.8) is 0 Å². The average molecular weight is 405 g/mol. The van der Waals surface area contributed by atoms with Gasteiger partial charge in [0.05, 0.1) is 4.92 Å². The molecule has 2 aliphatic rings. The molecule has 30 heavy (non-hydrogen) atoms. The van der Waals surface area contributed by atoms with Crippen molar-refractivity contribution in [2.75, 3.05) is 24.5 Å². The first-order valence-electron chi connectivity index (χ1n) is 10.1. The maximum atomic E-state index is 13.0. The number of carbonyl (C=O) groups excluding carboxylic acids is 2. The van der Waals surface area contributed by atoms with Crippen LogP contribution in [0.25, 0.3) is 6.08 Å². The lowest BCUT2D eigenvalue weighted by Crippen LogP contribution is -2.43. The van der Waals surface area contributed by atoms with Crippen molar-refractivity contribution < 1.29 is 14.5 Å². The summed E-state index contributed by atoms with van der Waals surface area (Å²) in [6.07, 6.45) is 5.27. The first-order valence-corrected chi connectivity index (χ1v) is 10.1. The number of anilines is 1. The number of piperidine rings is 1. The van der Waals surface area contributed by atoms with Crippen molar-refractivity contribution in [1.29, 1.82) is 0 Å². The molecular weight excluding hydrogens is 382 g/mol. The number of nitrogens with zero attached hydrogens (tertiary/aromatic N) is 3. The Bertz CT molecular complexity index is 995. The molecule has 1 saturated heterocycles. The van der Waals surface area contributed by atoms with E-state index in [9.17, 15) is 19.7 Å². The summed E-state index contributed by atoms with van der Waals surface area (Å²) in [4.78, 5) is 39.6. The molecule has 2 aromatic rings. The highest BCUT2D eigenvalue weighted by Crippen LogP contribution is 2.33. The van der Waals surface area contributed by atoms with Gasteiger partial charge >= 0.3 is 0 Å². The summed E-state index contributed by atoms with van der Waals surface area (Å²) in [5.41, 5.74) is 2.65. The van der Waals surface area contributed by atoms with Crippen LogP contribution in [0.15, 0.2) is 54.6 Å². The zero-order valence-electron chi connectivity index (χ0n) is 16.6. The van der Waals surface area contributed by atoms with Crippen LogP contribution in [0.3, 0.4) is 0 Å². The lowest BCUT2D eigenvalue weighted by Gasteiger charge is -2.32. The molecule has 0 saturated carbocycles. The minimum Gasteiger partial charge on any atom is -0.339 e. The van der Waals surface area contributed by atoms with Gasteiger partial charge in [-0.05, 0) is 42.5 Å². The number of nitro groups is 1. The van der Waals surface area contributed by atoms with E-state index in [1.54, 1.807) is 34.1 Å². The zero-order chi connectivity index (χ0) is 21.1. The Morgan fingerprint density at radius 2 is 1.77 bits per heavy atom. The number of non-ortho nitro benzene ring substituents is 1. The molecule has 0 radical (unpaired) electrons. The van der Waals surface area contributed by atoms with E-state index in [4.69, 9.17) is 0 Å². The minimum absolute atomic E-state index is 0.0384. The molecule has 0 unspecified atom stereocenters. The monoisotopic (exact) mass is 405 g/mol. The van der Waals surface area contributed by atoms with Crippen molar-refractivity contribution in [2.45, 2.75) is 19.3 Å². The third kappa shape index (κ3) is 4.10. The number of likely N-dealkylation sites (tertiary alicyclic amines) is 1. The van der Waals surface area contributed by atoms with E-state index in [-0.39, 0.29) is 23.4 Å². The molecule has 0 bridgehead atoms. The van der Waals surface area contributed by atoms with Crippen molar-refractivity contribution in [3.05, 3.63) is 75.8 Å². The SMILES string of the molecule is O=C(/C=C/c1ccccc1)N1CCC(C(=O)N2CCc3cc([N+](=O)[O-])ccc32)CC1. The number of benzene rings is 2. The van der Waals surface area contributed by atoms with Crippen molar-refractivity contribution in [1.82, 2.24) is 4.90 Å². The van der Waals surface area contributed by atoms with Gasteiger partial charge in [-0.15, -0.1) is 0 Å². The second kappa shape index (κ2) is 8.49. The molecule has 2 aromatic carbocycles. The highest BCUT2D eigenvalue weighted by molar-refractivity contribution is 5.97. The van der Waals surface area contributed by atoms with Gasteiger partial charge in [0.15, 0.2) is 0 Å². The Morgan fingerprint density at radius 3 is 2.47 bits per heavy atom. The van der Waals surface area contributed by atoms with Gasteiger partial charge in [0.2, 0.25) is 11.8 Å². The van der Waals surface area contributed by atoms with Gasteiger partial charge < -0.3 is 9.80 Å². The summed E-state index contributed by atoms with van der Waals surface area (Å²) in [6, 6.07) is 14.3. The van der Waals surface area contributed by atoms with Gasteiger partial charge in [-0.1, -0.05) is 30.3 Å². The van der Waals surface area contributed by atoms with E-state index in [0.717, 1.165) is 16.8 Å². The molecule has 2 heterocycles. The Labute approximate surface area is 174 Å².